The van der Waals surface area contributed by atoms with Gasteiger partial charge in [-0.3, -0.25) is 4.57 Å². The van der Waals surface area contributed by atoms with Crippen LogP contribution in [0.4, 0.5) is 16.2 Å². The average molecular weight is 398 g/mol. The Morgan fingerprint density at radius 1 is 1.46 bits per heavy atom. The lowest BCUT2D eigenvalue weighted by Crippen LogP contribution is -2.42. The molecule has 0 aliphatic carbocycles. The quantitative estimate of drug-likeness (QED) is 0.539. The van der Waals surface area contributed by atoms with Gasteiger partial charge in [0.1, 0.15) is 12.2 Å². The molecule has 1 saturated heterocycles. The third-order valence-electron chi connectivity index (χ3n) is 4.80. The van der Waals surface area contributed by atoms with E-state index in [0.29, 0.717) is 11.3 Å². The Bertz CT molecular complexity index is 852. The van der Waals surface area contributed by atoms with Gasteiger partial charge in [-0.05, 0) is 6.92 Å². The van der Waals surface area contributed by atoms with Crippen LogP contribution in [0.25, 0.3) is 11.2 Å². The smallest absolute Gasteiger partial charge is 0.224 e. The zero-order valence-corrected chi connectivity index (χ0v) is 16.5. The van der Waals surface area contributed by atoms with Crippen molar-refractivity contribution in [3.8, 4) is 0 Å². The molecule has 1 fully saturated rings. The third-order valence-corrected chi connectivity index (χ3v) is 4.80. The molecule has 156 valence electrons. The van der Waals surface area contributed by atoms with Crippen LogP contribution < -0.4 is 11.1 Å². The number of nitrogens with two attached hydrogens (primary N) is 1. The highest BCUT2D eigenvalue weighted by Gasteiger charge is 2.55. The van der Waals surface area contributed by atoms with Crippen molar-refractivity contribution in [2.45, 2.75) is 58.1 Å². The van der Waals surface area contributed by atoms with E-state index in [0.717, 1.165) is 0 Å². The summed E-state index contributed by atoms with van der Waals surface area (Å²) in [6, 6.07) is 0. The van der Waals surface area contributed by atoms with Crippen molar-refractivity contribution >= 4 is 22.9 Å². The molecule has 0 saturated carbocycles. The molecule has 5 atom stereocenters. The molecule has 1 unspecified atom stereocenters. The van der Waals surface area contributed by atoms with E-state index >= 15 is 4.39 Å². The van der Waals surface area contributed by atoms with E-state index in [9.17, 15) is 10.2 Å². The highest BCUT2D eigenvalue weighted by molar-refractivity contribution is 5.84. The van der Waals surface area contributed by atoms with E-state index in [2.05, 4.69) is 20.3 Å². The van der Waals surface area contributed by atoms with Gasteiger partial charge >= 0.3 is 0 Å². The van der Waals surface area contributed by atoms with E-state index < -0.39 is 35.8 Å². The first-order valence-electron chi connectivity index (χ1n) is 8.96. The lowest BCUT2D eigenvalue weighted by Gasteiger charge is -2.27. The van der Waals surface area contributed by atoms with E-state index in [1.807, 2.05) is 0 Å². The first-order chi connectivity index (χ1) is 13.0. The molecular formula is C17H27FN6O4. The maximum atomic E-state index is 15.4. The molecular weight excluding hydrogens is 371 g/mol. The van der Waals surface area contributed by atoms with E-state index in [4.69, 9.17) is 15.2 Å². The van der Waals surface area contributed by atoms with Gasteiger partial charge in [0.2, 0.25) is 5.95 Å². The van der Waals surface area contributed by atoms with Crippen molar-refractivity contribution in [1.29, 1.82) is 0 Å². The summed E-state index contributed by atoms with van der Waals surface area (Å²) < 4.78 is 27.9. The van der Waals surface area contributed by atoms with Crippen molar-refractivity contribution in [3.63, 3.8) is 0 Å². The number of aliphatic hydroxyl groups is 2. The predicted molar refractivity (Wildman–Crippen MR) is 100 cm³/mol. The van der Waals surface area contributed by atoms with Gasteiger partial charge in [-0.25, -0.2) is 9.37 Å². The second-order valence-electron chi connectivity index (χ2n) is 8.18. The number of imidazole rings is 1. The van der Waals surface area contributed by atoms with Crippen LogP contribution in [0.3, 0.4) is 0 Å². The molecule has 2 aromatic heterocycles. The average Bonchev–Trinajstić information content (AvgIpc) is 3.11. The summed E-state index contributed by atoms with van der Waals surface area (Å²) in [4.78, 5) is 12.4. The maximum absolute atomic E-state index is 15.4. The van der Waals surface area contributed by atoms with Gasteiger partial charge in [-0.2, -0.15) is 9.97 Å². The Hall–Kier alpha value is -2.08. The number of rotatable bonds is 5. The summed E-state index contributed by atoms with van der Waals surface area (Å²) in [5.41, 5.74) is 3.72. The molecule has 0 radical (unpaired) electrons. The van der Waals surface area contributed by atoms with Crippen molar-refractivity contribution in [2.75, 3.05) is 24.7 Å². The maximum Gasteiger partial charge on any atom is 0.224 e. The van der Waals surface area contributed by atoms with Gasteiger partial charge in [-0.15, -0.1) is 0 Å². The van der Waals surface area contributed by atoms with Gasteiger partial charge in [0, 0.05) is 12.5 Å². The number of ether oxygens (including phenoxy) is 2. The van der Waals surface area contributed by atoms with Crippen molar-refractivity contribution in [2.24, 2.45) is 5.41 Å². The fourth-order valence-electron chi connectivity index (χ4n) is 3.07. The summed E-state index contributed by atoms with van der Waals surface area (Å²) in [6.45, 7) is 6.45. The van der Waals surface area contributed by atoms with Crippen molar-refractivity contribution in [3.05, 3.63) is 6.33 Å². The Labute approximate surface area is 161 Å². The Morgan fingerprint density at radius 2 is 2.14 bits per heavy atom. The topological polar surface area (TPSA) is 141 Å². The molecule has 0 spiro atoms. The van der Waals surface area contributed by atoms with Crippen molar-refractivity contribution in [1.82, 2.24) is 19.5 Å². The van der Waals surface area contributed by atoms with Crippen LogP contribution in [-0.4, -0.2) is 67.6 Å². The van der Waals surface area contributed by atoms with Gasteiger partial charge in [-0.1, -0.05) is 20.8 Å². The molecule has 10 nitrogen and oxygen atoms in total. The van der Waals surface area contributed by atoms with Gasteiger partial charge < -0.3 is 30.7 Å². The van der Waals surface area contributed by atoms with E-state index in [1.165, 1.54) is 17.8 Å². The van der Waals surface area contributed by atoms with Crippen molar-refractivity contribution < 1.29 is 24.1 Å². The number of nitrogens with one attached hydrogen (secondary N) is 1. The minimum atomic E-state index is -2.16. The number of nitrogens with zero attached hydrogens (tertiary/aromatic N) is 4. The zero-order chi connectivity index (χ0) is 20.9. The molecule has 5 N–H and O–H groups in total. The monoisotopic (exact) mass is 398 g/mol. The number of fused-ring (bicyclic) bond motifs is 1. The van der Waals surface area contributed by atoms with Crippen LogP contribution >= 0.6 is 0 Å². The summed E-state index contributed by atoms with van der Waals surface area (Å²) in [7, 11) is 1.66. The number of nitrogen functional groups attached to an aromatic ring is 1. The molecule has 0 amide bonds. The van der Waals surface area contributed by atoms with Crippen LogP contribution in [0.2, 0.25) is 0 Å². The molecule has 3 heterocycles. The lowest BCUT2D eigenvalue weighted by atomic mass is 9.96. The van der Waals surface area contributed by atoms with Gasteiger partial charge in [0.25, 0.3) is 0 Å². The van der Waals surface area contributed by atoms with Gasteiger partial charge in [0.15, 0.2) is 35.2 Å². The Kier molecular flexibility index (Phi) is 5.21. The minimum Gasteiger partial charge on any atom is -0.387 e. The predicted octanol–water partition coefficient (Wildman–Crippen LogP) is 0.818. The second-order valence-corrected chi connectivity index (χ2v) is 8.18. The summed E-state index contributed by atoms with van der Waals surface area (Å²) >= 11 is 0. The fraction of sp³-hybridized carbons (Fsp3) is 0.706. The number of halogens is 1. The summed E-state index contributed by atoms with van der Waals surface area (Å²) in [6.07, 6.45) is -3.41. The molecule has 2 aromatic rings. The first-order valence-corrected chi connectivity index (χ1v) is 8.96. The molecule has 0 aromatic carbocycles. The van der Waals surface area contributed by atoms with Crippen LogP contribution in [0.15, 0.2) is 6.33 Å². The molecule has 28 heavy (non-hydrogen) atoms. The Balaban J connectivity index is 1.89. The highest BCUT2D eigenvalue weighted by atomic mass is 19.1. The normalized spacial score (nSPS) is 29.4. The molecule has 3 rings (SSSR count). The SMILES string of the molecule is CNc1nc(N)nc2c1ncn2[C@@H]1O[C@H](COC(O)C(C)(C)C)[C@@H](O)[C@@]1(C)F. The molecule has 11 heteroatoms. The van der Waals surface area contributed by atoms with Crippen LogP contribution in [0.1, 0.15) is 33.9 Å². The molecule has 1 aliphatic heterocycles. The third kappa shape index (κ3) is 3.50. The highest BCUT2D eigenvalue weighted by Crippen LogP contribution is 2.43. The van der Waals surface area contributed by atoms with E-state index in [1.54, 1.807) is 27.8 Å². The van der Waals surface area contributed by atoms with Gasteiger partial charge in [0.05, 0.1) is 12.9 Å². The molecule has 0 bridgehead atoms. The standard InChI is InChI=1S/C17H27FN6O4/c1-16(2,3)14(26)27-6-8-10(25)17(4,18)13(28-8)24-7-21-9-11(20-5)22-15(19)23-12(9)24/h7-8,10,13-14,25-26H,6H2,1-5H3,(H3,19,20,22,23)/t8-,10-,13-,14?,17-/m1/s1. The number of hydrogen-bond acceptors (Lipinski definition) is 9. The molecule has 1 aliphatic rings. The first kappa shape index (κ1) is 20.6. The number of hydrogen-bond donors (Lipinski definition) is 4. The Morgan fingerprint density at radius 3 is 2.75 bits per heavy atom. The largest absolute Gasteiger partial charge is 0.387 e. The number of alkyl halides is 1. The van der Waals surface area contributed by atoms with E-state index in [-0.39, 0.29) is 18.2 Å². The lowest BCUT2D eigenvalue weighted by molar-refractivity contribution is -0.184. The minimum absolute atomic E-state index is 0.00844. The fourth-order valence-corrected chi connectivity index (χ4v) is 3.07. The summed E-state index contributed by atoms with van der Waals surface area (Å²) in [5, 5.41) is 23.4. The number of anilines is 2. The van der Waals surface area contributed by atoms with Crippen LogP contribution in [0, 0.1) is 5.41 Å². The number of aromatic nitrogens is 4. The number of aliphatic hydroxyl groups excluding tert-OH is 2. The summed E-state index contributed by atoms with van der Waals surface area (Å²) in [5.74, 6) is 0.388. The van der Waals surface area contributed by atoms with Crippen LogP contribution in [-0.2, 0) is 9.47 Å². The second kappa shape index (κ2) is 7.07. The van der Waals surface area contributed by atoms with Crippen LogP contribution in [0.5, 0.6) is 0 Å². The zero-order valence-electron chi connectivity index (χ0n) is 16.5.